The number of nitrogens with zero attached hydrogens (tertiary/aromatic N) is 1. The van der Waals surface area contributed by atoms with Gasteiger partial charge < -0.3 is 15.8 Å². The van der Waals surface area contributed by atoms with Crippen molar-refractivity contribution in [1.82, 2.24) is 4.98 Å². The van der Waals surface area contributed by atoms with Gasteiger partial charge in [-0.2, -0.15) is 0 Å². The Labute approximate surface area is 77.1 Å². The molecule has 1 aromatic rings. The first-order chi connectivity index (χ1) is 6.20. The fourth-order valence-corrected chi connectivity index (χ4v) is 1.33. The monoisotopic (exact) mass is 179 g/mol. The number of rotatable bonds is 2. The van der Waals surface area contributed by atoms with Gasteiger partial charge in [0.15, 0.2) is 0 Å². The molecule has 0 bridgehead atoms. The van der Waals surface area contributed by atoms with Gasteiger partial charge in [-0.05, 0) is 13.0 Å². The first-order valence-corrected chi connectivity index (χ1v) is 4.25. The van der Waals surface area contributed by atoms with E-state index in [4.69, 9.17) is 10.5 Å². The van der Waals surface area contributed by atoms with E-state index < -0.39 is 0 Å². The van der Waals surface area contributed by atoms with Crippen molar-refractivity contribution in [1.29, 1.82) is 0 Å². The van der Waals surface area contributed by atoms with Gasteiger partial charge in [-0.1, -0.05) is 0 Å². The van der Waals surface area contributed by atoms with Crippen molar-refractivity contribution in [3.8, 4) is 0 Å². The second-order valence-corrected chi connectivity index (χ2v) is 3.64. The molecule has 1 fully saturated rings. The first-order valence-electron chi connectivity index (χ1n) is 4.25. The minimum Gasteiger partial charge on any atom is -0.396 e. The molecule has 0 spiro atoms. The number of anilines is 2. The molecule has 1 aliphatic rings. The number of pyridine rings is 1. The van der Waals surface area contributed by atoms with E-state index in [9.17, 15) is 0 Å². The van der Waals surface area contributed by atoms with Crippen molar-refractivity contribution >= 4 is 11.4 Å². The molecule has 1 saturated heterocycles. The van der Waals surface area contributed by atoms with Crippen LogP contribution in [0.5, 0.6) is 0 Å². The zero-order valence-corrected chi connectivity index (χ0v) is 7.58. The molecule has 0 unspecified atom stereocenters. The number of nitrogens with one attached hydrogen (secondary N) is 1. The maximum absolute atomic E-state index is 5.74. The molecule has 2 rings (SSSR count). The van der Waals surface area contributed by atoms with E-state index in [1.807, 2.05) is 6.07 Å². The highest BCUT2D eigenvalue weighted by atomic mass is 16.5. The maximum Gasteiger partial charge on any atom is 0.0812 e. The van der Waals surface area contributed by atoms with Gasteiger partial charge in [0.05, 0.1) is 36.3 Å². The average Bonchev–Trinajstić information content (AvgIpc) is 2.06. The van der Waals surface area contributed by atoms with Crippen molar-refractivity contribution < 1.29 is 4.74 Å². The Morgan fingerprint density at radius 3 is 2.92 bits per heavy atom. The molecule has 2 heterocycles. The summed E-state index contributed by atoms with van der Waals surface area (Å²) in [6.07, 6.45) is 3.37. The van der Waals surface area contributed by atoms with Crippen molar-refractivity contribution in [2.45, 2.75) is 12.5 Å². The molecule has 1 aromatic heterocycles. The smallest absolute Gasteiger partial charge is 0.0812 e. The predicted octanol–water partition coefficient (Wildman–Crippen LogP) is 0.865. The molecule has 13 heavy (non-hydrogen) atoms. The van der Waals surface area contributed by atoms with Crippen molar-refractivity contribution in [2.75, 3.05) is 24.3 Å². The SMILES string of the molecule is CC1(Nc2ccncc2N)COC1. The minimum absolute atomic E-state index is 0.0372. The molecule has 0 saturated carbocycles. The zero-order valence-electron chi connectivity index (χ0n) is 7.58. The van der Waals surface area contributed by atoms with Crippen LogP contribution in [0, 0.1) is 0 Å². The number of nitrogens with two attached hydrogens (primary N) is 1. The molecule has 0 aromatic carbocycles. The third-order valence-corrected chi connectivity index (χ3v) is 2.13. The van der Waals surface area contributed by atoms with Gasteiger partial charge in [0.25, 0.3) is 0 Å². The fourth-order valence-electron chi connectivity index (χ4n) is 1.33. The lowest BCUT2D eigenvalue weighted by molar-refractivity contribution is -0.0318. The molecular formula is C9H13N3O. The highest BCUT2D eigenvalue weighted by Gasteiger charge is 2.33. The highest BCUT2D eigenvalue weighted by molar-refractivity contribution is 5.65. The van der Waals surface area contributed by atoms with Crippen LogP contribution in [-0.2, 0) is 4.74 Å². The van der Waals surface area contributed by atoms with Gasteiger partial charge in [0, 0.05) is 6.20 Å². The molecule has 0 amide bonds. The highest BCUT2D eigenvalue weighted by Crippen LogP contribution is 2.25. The van der Waals surface area contributed by atoms with Crippen LogP contribution in [0.2, 0.25) is 0 Å². The Kier molecular flexibility index (Phi) is 1.84. The Balaban J connectivity index is 2.13. The van der Waals surface area contributed by atoms with Gasteiger partial charge in [-0.15, -0.1) is 0 Å². The van der Waals surface area contributed by atoms with Crippen molar-refractivity contribution in [2.24, 2.45) is 0 Å². The predicted molar refractivity (Wildman–Crippen MR) is 51.5 cm³/mol. The number of ether oxygens (including phenoxy) is 1. The Morgan fingerprint density at radius 2 is 2.38 bits per heavy atom. The molecule has 1 aliphatic heterocycles. The van der Waals surface area contributed by atoms with Crippen molar-refractivity contribution in [3.05, 3.63) is 18.5 Å². The molecule has 0 aliphatic carbocycles. The normalized spacial score (nSPS) is 19.2. The third kappa shape index (κ3) is 1.58. The molecule has 70 valence electrons. The molecule has 0 atom stereocenters. The summed E-state index contributed by atoms with van der Waals surface area (Å²) in [5.74, 6) is 0. The van der Waals surface area contributed by atoms with E-state index in [2.05, 4.69) is 17.2 Å². The van der Waals surface area contributed by atoms with Crippen LogP contribution in [0.1, 0.15) is 6.92 Å². The van der Waals surface area contributed by atoms with E-state index in [1.54, 1.807) is 12.4 Å². The third-order valence-electron chi connectivity index (χ3n) is 2.13. The van der Waals surface area contributed by atoms with Crippen LogP contribution >= 0.6 is 0 Å². The van der Waals surface area contributed by atoms with E-state index >= 15 is 0 Å². The quantitative estimate of drug-likeness (QED) is 0.707. The lowest BCUT2D eigenvalue weighted by Gasteiger charge is -2.39. The largest absolute Gasteiger partial charge is 0.396 e. The average molecular weight is 179 g/mol. The van der Waals surface area contributed by atoms with Crippen LogP contribution in [0.4, 0.5) is 11.4 Å². The maximum atomic E-state index is 5.74. The Hall–Kier alpha value is -1.29. The summed E-state index contributed by atoms with van der Waals surface area (Å²) >= 11 is 0. The number of aromatic nitrogens is 1. The van der Waals surface area contributed by atoms with Gasteiger partial charge in [-0.25, -0.2) is 0 Å². The summed E-state index contributed by atoms with van der Waals surface area (Å²) in [6.45, 7) is 3.57. The summed E-state index contributed by atoms with van der Waals surface area (Å²) in [4.78, 5) is 3.92. The standard InChI is InChI=1S/C9H13N3O/c1-9(5-13-6-9)12-8-2-3-11-4-7(8)10/h2-4H,5-6,10H2,1H3,(H,11,12). The van der Waals surface area contributed by atoms with Gasteiger partial charge in [0.2, 0.25) is 0 Å². The number of hydrogen-bond acceptors (Lipinski definition) is 4. The topological polar surface area (TPSA) is 60.2 Å². The minimum atomic E-state index is 0.0372. The second kappa shape index (κ2) is 2.88. The molecule has 3 N–H and O–H groups in total. The van der Waals surface area contributed by atoms with E-state index in [0.29, 0.717) is 5.69 Å². The van der Waals surface area contributed by atoms with Crippen LogP contribution in [0.25, 0.3) is 0 Å². The zero-order chi connectivity index (χ0) is 9.31. The molecule has 4 nitrogen and oxygen atoms in total. The van der Waals surface area contributed by atoms with Crippen LogP contribution in [0.15, 0.2) is 18.5 Å². The van der Waals surface area contributed by atoms with Gasteiger partial charge >= 0.3 is 0 Å². The summed E-state index contributed by atoms with van der Waals surface area (Å²) < 4.78 is 5.13. The van der Waals surface area contributed by atoms with Crippen LogP contribution in [0.3, 0.4) is 0 Å². The van der Waals surface area contributed by atoms with Crippen LogP contribution in [-0.4, -0.2) is 23.7 Å². The van der Waals surface area contributed by atoms with Crippen molar-refractivity contribution in [3.63, 3.8) is 0 Å². The number of nitrogen functional groups attached to an aromatic ring is 1. The van der Waals surface area contributed by atoms with Crippen LogP contribution < -0.4 is 11.1 Å². The lowest BCUT2D eigenvalue weighted by Crippen LogP contribution is -2.53. The first kappa shape index (κ1) is 8.31. The summed E-state index contributed by atoms with van der Waals surface area (Å²) in [5.41, 5.74) is 7.39. The van der Waals surface area contributed by atoms with E-state index in [0.717, 1.165) is 18.9 Å². The number of hydrogen-bond donors (Lipinski definition) is 2. The Morgan fingerprint density at radius 1 is 1.62 bits per heavy atom. The van der Waals surface area contributed by atoms with E-state index in [1.165, 1.54) is 0 Å². The Bertz CT molecular complexity index is 309. The van der Waals surface area contributed by atoms with E-state index in [-0.39, 0.29) is 5.54 Å². The molecular weight excluding hydrogens is 166 g/mol. The fraction of sp³-hybridized carbons (Fsp3) is 0.444. The summed E-state index contributed by atoms with van der Waals surface area (Å²) in [6, 6.07) is 1.87. The molecule has 4 heteroatoms. The molecule has 0 radical (unpaired) electrons. The van der Waals surface area contributed by atoms with Gasteiger partial charge in [-0.3, -0.25) is 4.98 Å². The van der Waals surface area contributed by atoms with Gasteiger partial charge in [0.1, 0.15) is 0 Å². The lowest BCUT2D eigenvalue weighted by atomic mass is 10.0. The second-order valence-electron chi connectivity index (χ2n) is 3.64. The summed E-state index contributed by atoms with van der Waals surface area (Å²) in [5, 5.41) is 3.33. The summed E-state index contributed by atoms with van der Waals surface area (Å²) in [7, 11) is 0.